The third-order valence-corrected chi connectivity index (χ3v) is 3.67. The quantitative estimate of drug-likeness (QED) is 0.906. The minimum atomic E-state index is -0.330. The third kappa shape index (κ3) is 2.64. The molecular formula is C17H18O2. The van der Waals surface area contributed by atoms with Crippen molar-refractivity contribution in [2.45, 2.75) is 31.5 Å². The smallest absolute Gasteiger partial charge is 0.127 e. The van der Waals surface area contributed by atoms with Crippen molar-refractivity contribution in [1.82, 2.24) is 0 Å². The lowest BCUT2D eigenvalue weighted by atomic mass is 10.0. The molecule has 2 heteroatoms. The zero-order valence-corrected chi connectivity index (χ0v) is 10.8. The highest BCUT2D eigenvalue weighted by Gasteiger charge is 2.27. The summed E-state index contributed by atoms with van der Waals surface area (Å²) in [6.45, 7) is 0. The molecular weight excluding hydrogens is 236 g/mol. The maximum Gasteiger partial charge on any atom is 0.127 e. The Bertz CT molecular complexity index is 536. The fourth-order valence-electron chi connectivity index (χ4n) is 2.63. The first-order chi connectivity index (χ1) is 9.34. The lowest BCUT2D eigenvalue weighted by molar-refractivity contribution is 0.0608. The normalized spacial score (nSPS) is 22.4. The van der Waals surface area contributed by atoms with Crippen LogP contribution >= 0.6 is 0 Å². The molecule has 1 saturated carbocycles. The second-order valence-electron chi connectivity index (χ2n) is 5.02. The summed E-state index contributed by atoms with van der Waals surface area (Å²) in [5.41, 5.74) is 2.23. The van der Waals surface area contributed by atoms with E-state index < -0.39 is 0 Å². The molecule has 0 aromatic heterocycles. The van der Waals surface area contributed by atoms with E-state index in [0.29, 0.717) is 0 Å². The van der Waals surface area contributed by atoms with E-state index in [4.69, 9.17) is 4.74 Å². The molecule has 0 spiro atoms. The molecule has 19 heavy (non-hydrogen) atoms. The van der Waals surface area contributed by atoms with E-state index >= 15 is 0 Å². The fourth-order valence-corrected chi connectivity index (χ4v) is 2.63. The Hall–Kier alpha value is -1.80. The minimum Gasteiger partial charge on any atom is -0.487 e. The summed E-state index contributed by atoms with van der Waals surface area (Å²) in [5, 5.41) is 9.89. The van der Waals surface area contributed by atoms with Crippen molar-refractivity contribution in [1.29, 1.82) is 0 Å². The summed E-state index contributed by atoms with van der Waals surface area (Å²) < 4.78 is 6.02. The summed E-state index contributed by atoms with van der Waals surface area (Å²) in [6, 6.07) is 18.2. The predicted molar refractivity (Wildman–Crippen MR) is 76.2 cm³/mol. The number of aliphatic hydroxyl groups excluding tert-OH is 1. The average molecular weight is 254 g/mol. The maximum atomic E-state index is 9.89. The van der Waals surface area contributed by atoms with Crippen LogP contribution in [0.1, 0.15) is 19.3 Å². The van der Waals surface area contributed by atoms with Gasteiger partial charge < -0.3 is 9.84 Å². The Labute approximate surface area is 113 Å². The van der Waals surface area contributed by atoms with Crippen molar-refractivity contribution in [2.24, 2.45) is 0 Å². The minimum absolute atomic E-state index is 0.0649. The van der Waals surface area contributed by atoms with Gasteiger partial charge in [-0.15, -0.1) is 0 Å². The van der Waals surface area contributed by atoms with Gasteiger partial charge in [-0.1, -0.05) is 48.5 Å². The van der Waals surface area contributed by atoms with Gasteiger partial charge in [-0.05, 0) is 30.9 Å². The lowest BCUT2D eigenvalue weighted by Gasteiger charge is -2.19. The van der Waals surface area contributed by atoms with Crippen molar-refractivity contribution in [2.75, 3.05) is 0 Å². The van der Waals surface area contributed by atoms with Crippen LogP contribution in [0.3, 0.4) is 0 Å². The number of para-hydroxylation sites is 1. The Morgan fingerprint density at radius 1 is 0.895 bits per heavy atom. The average Bonchev–Trinajstić information content (AvgIpc) is 2.86. The van der Waals surface area contributed by atoms with Crippen molar-refractivity contribution >= 4 is 0 Å². The van der Waals surface area contributed by atoms with E-state index in [0.717, 1.165) is 36.1 Å². The highest BCUT2D eigenvalue weighted by atomic mass is 16.5. The molecule has 2 nitrogen and oxygen atoms in total. The molecule has 2 atom stereocenters. The first-order valence-corrected chi connectivity index (χ1v) is 6.84. The predicted octanol–water partition coefficient (Wildman–Crippen LogP) is 3.65. The molecule has 1 fully saturated rings. The number of benzene rings is 2. The molecule has 0 bridgehead atoms. The second kappa shape index (κ2) is 5.45. The van der Waals surface area contributed by atoms with Gasteiger partial charge in [-0.3, -0.25) is 0 Å². The molecule has 0 saturated heterocycles. The summed E-state index contributed by atoms with van der Waals surface area (Å²) in [6.07, 6.45) is 2.43. The summed E-state index contributed by atoms with van der Waals surface area (Å²) in [5.74, 6) is 0.861. The van der Waals surface area contributed by atoms with Gasteiger partial charge in [-0.25, -0.2) is 0 Å². The van der Waals surface area contributed by atoms with Gasteiger partial charge in [-0.2, -0.15) is 0 Å². The van der Waals surface area contributed by atoms with Gasteiger partial charge in [0.2, 0.25) is 0 Å². The number of rotatable bonds is 3. The van der Waals surface area contributed by atoms with Crippen molar-refractivity contribution in [3.63, 3.8) is 0 Å². The van der Waals surface area contributed by atoms with Crippen molar-refractivity contribution in [3.8, 4) is 16.9 Å². The highest BCUT2D eigenvalue weighted by Crippen LogP contribution is 2.33. The Kier molecular flexibility index (Phi) is 3.51. The molecule has 2 aromatic rings. The van der Waals surface area contributed by atoms with E-state index in [9.17, 15) is 5.11 Å². The molecule has 0 aliphatic heterocycles. The molecule has 1 aliphatic carbocycles. The largest absolute Gasteiger partial charge is 0.487 e. The number of hydrogen-bond donors (Lipinski definition) is 1. The van der Waals surface area contributed by atoms with Crippen LogP contribution in [0, 0.1) is 0 Å². The van der Waals surface area contributed by atoms with E-state index in [-0.39, 0.29) is 12.2 Å². The van der Waals surface area contributed by atoms with Gasteiger partial charge in [0.15, 0.2) is 0 Å². The Morgan fingerprint density at radius 3 is 2.37 bits per heavy atom. The van der Waals surface area contributed by atoms with Crippen LogP contribution in [-0.2, 0) is 0 Å². The Morgan fingerprint density at radius 2 is 1.63 bits per heavy atom. The maximum absolute atomic E-state index is 9.89. The number of hydrogen-bond acceptors (Lipinski definition) is 2. The first kappa shape index (κ1) is 12.2. The molecule has 2 aromatic carbocycles. The number of aliphatic hydroxyl groups is 1. The molecule has 98 valence electrons. The molecule has 0 amide bonds. The first-order valence-electron chi connectivity index (χ1n) is 6.84. The van der Waals surface area contributed by atoms with Gasteiger partial charge >= 0.3 is 0 Å². The van der Waals surface area contributed by atoms with Gasteiger partial charge in [0, 0.05) is 5.56 Å². The van der Waals surface area contributed by atoms with Crippen LogP contribution < -0.4 is 4.74 Å². The summed E-state index contributed by atoms with van der Waals surface area (Å²) in [7, 11) is 0. The van der Waals surface area contributed by atoms with Crippen LogP contribution in [0.15, 0.2) is 54.6 Å². The molecule has 1 aliphatic rings. The van der Waals surface area contributed by atoms with Gasteiger partial charge in [0.25, 0.3) is 0 Å². The van der Waals surface area contributed by atoms with Crippen LogP contribution in [0.4, 0.5) is 0 Å². The third-order valence-electron chi connectivity index (χ3n) is 3.67. The van der Waals surface area contributed by atoms with E-state index in [1.165, 1.54) is 0 Å². The summed E-state index contributed by atoms with van der Waals surface area (Å²) >= 11 is 0. The SMILES string of the molecule is O[C@@H]1CCC[C@H]1Oc1ccccc1-c1ccccc1. The van der Waals surface area contributed by atoms with Crippen LogP contribution in [0.25, 0.3) is 11.1 Å². The zero-order valence-electron chi connectivity index (χ0n) is 10.8. The standard InChI is InChI=1S/C17H18O2/c18-15-10-6-12-17(15)19-16-11-5-4-9-14(16)13-7-2-1-3-8-13/h1-5,7-9,11,15,17-18H,6,10,12H2/t15-,17-/m1/s1. The van der Waals surface area contributed by atoms with Crippen molar-refractivity contribution in [3.05, 3.63) is 54.6 Å². The zero-order chi connectivity index (χ0) is 13.1. The molecule has 0 heterocycles. The topological polar surface area (TPSA) is 29.5 Å². The van der Waals surface area contributed by atoms with Crippen molar-refractivity contribution < 1.29 is 9.84 Å². The molecule has 0 radical (unpaired) electrons. The van der Waals surface area contributed by atoms with Crippen LogP contribution in [0.5, 0.6) is 5.75 Å². The van der Waals surface area contributed by atoms with Crippen LogP contribution in [-0.4, -0.2) is 17.3 Å². The molecule has 3 rings (SSSR count). The molecule has 1 N–H and O–H groups in total. The lowest BCUT2D eigenvalue weighted by Crippen LogP contribution is -2.25. The molecule has 0 unspecified atom stereocenters. The number of ether oxygens (including phenoxy) is 1. The fraction of sp³-hybridized carbons (Fsp3) is 0.294. The highest BCUT2D eigenvalue weighted by molar-refractivity contribution is 5.70. The van der Waals surface area contributed by atoms with Crippen LogP contribution in [0.2, 0.25) is 0 Å². The van der Waals surface area contributed by atoms with Gasteiger partial charge in [0.05, 0.1) is 6.10 Å². The van der Waals surface area contributed by atoms with E-state index in [2.05, 4.69) is 18.2 Å². The van der Waals surface area contributed by atoms with E-state index in [1.54, 1.807) is 0 Å². The van der Waals surface area contributed by atoms with E-state index in [1.807, 2.05) is 36.4 Å². The monoisotopic (exact) mass is 254 g/mol. The Balaban J connectivity index is 1.89. The summed E-state index contributed by atoms with van der Waals surface area (Å²) in [4.78, 5) is 0. The second-order valence-corrected chi connectivity index (χ2v) is 5.02. The van der Waals surface area contributed by atoms with Gasteiger partial charge in [0.1, 0.15) is 11.9 Å².